The average Bonchev–Trinajstić information content (AvgIpc) is 3.51. The molecule has 3 aliphatic rings. The number of urea groups is 1. The molecule has 168 valence electrons. The monoisotopic (exact) mass is 470 g/mol. The van der Waals surface area contributed by atoms with Gasteiger partial charge in [-0.25, -0.2) is 4.79 Å². The zero-order valence-electron chi connectivity index (χ0n) is 18.0. The Morgan fingerprint density at radius 2 is 1.38 bits per heavy atom. The highest BCUT2D eigenvalue weighted by molar-refractivity contribution is 6.30. The number of rotatable bonds is 3. The van der Waals surface area contributed by atoms with Gasteiger partial charge in [0.05, 0.1) is 12.4 Å². The lowest BCUT2D eigenvalue weighted by Gasteiger charge is -2.39. The molecule has 0 aliphatic carbocycles. The van der Waals surface area contributed by atoms with E-state index in [0.717, 1.165) is 37.1 Å². The van der Waals surface area contributed by atoms with Gasteiger partial charge in [0.25, 0.3) is 0 Å². The molecule has 3 aliphatic heterocycles. The van der Waals surface area contributed by atoms with E-state index in [0.29, 0.717) is 16.1 Å². The Morgan fingerprint density at radius 3 is 1.97 bits per heavy atom. The van der Waals surface area contributed by atoms with E-state index in [2.05, 4.69) is 4.90 Å². The highest BCUT2D eigenvalue weighted by Gasteiger charge is 2.39. The maximum Gasteiger partial charge on any atom is 0.325 e. The summed E-state index contributed by atoms with van der Waals surface area (Å²) in [6.07, 6.45) is 6.41. The Balaban J connectivity index is 1.35. The normalized spacial score (nSPS) is 24.4. The fourth-order valence-corrected chi connectivity index (χ4v) is 5.49. The van der Waals surface area contributed by atoms with Gasteiger partial charge in [0, 0.05) is 29.2 Å². The molecule has 0 saturated carbocycles. The fourth-order valence-electron chi connectivity index (χ4n) is 5.24. The van der Waals surface area contributed by atoms with Crippen molar-refractivity contribution in [2.24, 2.45) is 4.99 Å². The number of hydrogen-bond donors (Lipinski definition) is 0. The van der Waals surface area contributed by atoms with Crippen LogP contribution in [0.5, 0.6) is 0 Å². The van der Waals surface area contributed by atoms with Crippen molar-refractivity contribution in [2.45, 2.75) is 43.8 Å². The lowest BCUT2D eigenvalue weighted by molar-refractivity contribution is 0.118. The number of nitrogens with zero attached hydrogens (tertiary/aromatic N) is 4. The lowest BCUT2D eigenvalue weighted by atomic mass is 9.94. The van der Waals surface area contributed by atoms with E-state index in [9.17, 15) is 4.79 Å². The molecule has 32 heavy (non-hydrogen) atoms. The molecule has 0 bridgehead atoms. The lowest BCUT2D eigenvalue weighted by Crippen LogP contribution is -2.50. The van der Waals surface area contributed by atoms with E-state index in [1.165, 1.54) is 25.9 Å². The number of likely N-dealkylation sites (tertiary alicyclic amines) is 2. The van der Waals surface area contributed by atoms with Crippen LogP contribution in [-0.2, 0) is 0 Å². The molecular weight excluding hydrogens is 443 g/mol. The van der Waals surface area contributed by atoms with Crippen molar-refractivity contribution < 1.29 is 4.79 Å². The van der Waals surface area contributed by atoms with Crippen LogP contribution in [0.3, 0.4) is 0 Å². The van der Waals surface area contributed by atoms with Gasteiger partial charge < -0.3 is 9.80 Å². The highest BCUT2D eigenvalue weighted by Crippen LogP contribution is 2.41. The van der Waals surface area contributed by atoms with Gasteiger partial charge in [0.2, 0.25) is 0 Å². The second-order valence-electron chi connectivity index (χ2n) is 8.91. The zero-order valence-corrected chi connectivity index (χ0v) is 19.5. The van der Waals surface area contributed by atoms with Crippen molar-refractivity contribution in [2.75, 3.05) is 26.2 Å². The second-order valence-corrected chi connectivity index (χ2v) is 9.78. The molecule has 3 heterocycles. The molecule has 5 rings (SSSR count). The molecule has 2 saturated heterocycles. The first-order valence-electron chi connectivity index (χ1n) is 11.5. The summed E-state index contributed by atoms with van der Waals surface area (Å²) in [6, 6.07) is 15.7. The summed E-state index contributed by atoms with van der Waals surface area (Å²) in [5.41, 5.74) is 2.06. The maximum atomic E-state index is 13.6. The third-order valence-electron chi connectivity index (χ3n) is 6.99. The standard InChI is InChI=1S/C25H28Cl2N4O/c26-20-7-3-18(4-8-20)23-24(19-5-9-21(27)10-6-19)31(17-28-23)25(32)30-15-11-22(12-16-30)29-13-1-2-14-29/h3-10,17,22-24H,1-2,11-16H2. The number of halogens is 2. The van der Waals surface area contributed by atoms with Crippen LogP contribution in [0.25, 0.3) is 0 Å². The van der Waals surface area contributed by atoms with Gasteiger partial charge in [0.1, 0.15) is 6.04 Å². The van der Waals surface area contributed by atoms with Crippen LogP contribution in [-0.4, -0.2) is 59.3 Å². The Labute approximate surface area is 199 Å². The van der Waals surface area contributed by atoms with Gasteiger partial charge >= 0.3 is 6.03 Å². The van der Waals surface area contributed by atoms with E-state index >= 15 is 0 Å². The van der Waals surface area contributed by atoms with Gasteiger partial charge in [-0.3, -0.25) is 9.89 Å². The minimum absolute atomic E-state index is 0.0324. The molecule has 0 N–H and O–H groups in total. The number of amides is 2. The molecule has 0 spiro atoms. The fraction of sp³-hybridized carbons (Fsp3) is 0.440. The summed E-state index contributed by atoms with van der Waals surface area (Å²) in [5, 5.41) is 1.37. The van der Waals surface area contributed by atoms with E-state index < -0.39 is 0 Å². The first kappa shape index (κ1) is 21.7. The largest absolute Gasteiger partial charge is 0.325 e. The van der Waals surface area contributed by atoms with Gasteiger partial charge in [-0.1, -0.05) is 47.5 Å². The van der Waals surface area contributed by atoms with Crippen molar-refractivity contribution in [1.29, 1.82) is 0 Å². The van der Waals surface area contributed by atoms with Crippen LogP contribution in [0.1, 0.15) is 48.9 Å². The Hall–Kier alpha value is -2.08. The number of hydrogen-bond acceptors (Lipinski definition) is 3. The van der Waals surface area contributed by atoms with Gasteiger partial charge in [-0.2, -0.15) is 0 Å². The first-order chi connectivity index (χ1) is 15.6. The summed E-state index contributed by atoms with van der Waals surface area (Å²) in [5.74, 6) is 0. The summed E-state index contributed by atoms with van der Waals surface area (Å²) in [7, 11) is 0. The Bertz CT molecular complexity index is 964. The topological polar surface area (TPSA) is 39.2 Å². The third kappa shape index (κ3) is 4.39. The molecule has 2 aromatic rings. The summed E-state index contributed by atoms with van der Waals surface area (Å²) in [6.45, 7) is 4.00. The van der Waals surface area contributed by atoms with E-state index in [-0.39, 0.29) is 18.1 Å². The molecule has 2 fully saturated rings. The summed E-state index contributed by atoms with van der Waals surface area (Å²) in [4.78, 5) is 24.8. The molecular formula is C25H28Cl2N4O. The van der Waals surface area contributed by atoms with Crippen LogP contribution in [0, 0.1) is 0 Å². The molecule has 0 aromatic heterocycles. The molecule has 2 unspecified atom stereocenters. The quantitative estimate of drug-likeness (QED) is 0.568. The second kappa shape index (κ2) is 9.42. The number of piperidine rings is 1. The molecule has 2 atom stereocenters. The van der Waals surface area contributed by atoms with Gasteiger partial charge in [-0.05, 0) is 74.2 Å². The van der Waals surface area contributed by atoms with Crippen molar-refractivity contribution in [3.05, 3.63) is 69.7 Å². The predicted octanol–water partition coefficient (Wildman–Crippen LogP) is 5.80. The van der Waals surface area contributed by atoms with E-state index in [1.54, 1.807) is 11.2 Å². The molecule has 2 amide bonds. The molecule has 2 aromatic carbocycles. The smallest absolute Gasteiger partial charge is 0.324 e. The van der Waals surface area contributed by atoms with Crippen molar-refractivity contribution >= 4 is 35.6 Å². The van der Waals surface area contributed by atoms with Crippen molar-refractivity contribution in [1.82, 2.24) is 14.7 Å². The average molecular weight is 471 g/mol. The minimum atomic E-state index is -0.211. The maximum absolute atomic E-state index is 13.6. The Morgan fingerprint density at radius 1 is 0.812 bits per heavy atom. The van der Waals surface area contributed by atoms with Crippen LogP contribution in [0.2, 0.25) is 10.0 Å². The van der Waals surface area contributed by atoms with Crippen LogP contribution in [0.4, 0.5) is 4.79 Å². The van der Waals surface area contributed by atoms with Crippen molar-refractivity contribution in [3.63, 3.8) is 0 Å². The van der Waals surface area contributed by atoms with Crippen LogP contribution >= 0.6 is 23.2 Å². The Kier molecular flexibility index (Phi) is 6.40. The van der Waals surface area contributed by atoms with Crippen LogP contribution < -0.4 is 0 Å². The predicted molar refractivity (Wildman–Crippen MR) is 130 cm³/mol. The number of benzene rings is 2. The summed E-state index contributed by atoms with van der Waals surface area (Å²) < 4.78 is 0. The zero-order chi connectivity index (χ0) is 22.1. The van der Waals surface area contributed by atoms with Gasteiger partial charge in [-0.15, -0.1) is 0 Å². The molecule has 7 heteroatoms. The first-order valence-corrected chi connectivity index (χ1v) is 12.2. The third-order valence-corrected chi connectivity index (χ3v) is 7.49. The van der Waals surface area contributed by atoms with E-state index in [4.69, 9.17) is 28.2 Å². The number of carbonyl (C=O) groups is 1. The van der Waals surface area contributed by atoms with Crippen molar-refractivity contribution in [3.8, 4) is 0 Å². The number of aliphatic imine (C=N–C) groups is 1. The highest BCUT2D eigenvalue weighted by atomic mass is 35.5. The minimum Gasteiger partial charge on any atom is -0.324 e. The van der Waals surface area contributed by atoms with E-state index in [1.807, 2.05) is 53.4 Å². The van der Waals surface area contributed by atoms with Gasteiger partial charge in [0.15, 0.2) is 0 Å². The SMILES string of the molecule is O=C(N1CCC(N2CCCC2)CC1)N1C=NC(c2ccc(Cl)cc2)C1c1ccc(Cl)cc1. The van der Waals surface area contributed by atoms with Crippen LogP contribution in [0.15, 0.2) is 53.5 Å². The number of carbonyl (C=O) groups excluding carboxylic acids is 1. The summed E-state index contributed by atoms with van der Waals surface area (Å²) >= 11 is 12.2. The molecule has 5 nitrogen and oxygen atoms in total. The molecule has 0 radical (unpaired) electrons.